The average molecular weight is 641 g/mol. The Morgan fingerprint density at radius 3 is 1.87 bits per heavy atom. The van der Waals surface area contributed by atoms with Gasteiger partial charge in [0.15, 0.2) is 17.3 Å². The second kappa shape index (κ2) is 12.9. The van der Waals surface area contributed by atoms with Crippen molar-refractivity contribution in [1.29, 1.82) is 0 Å². The Hall–Kier alpha value is -3.75. The van der Waals surface area contributed by atoms with Gasteiger partial charge in [-0.2, -0.15) is 0 Å². The van der Waals surface area contributed by atoms with Crippen molar-refractivity contribution in [2.75, 3.05) is 20.3 Å². The van der Waals surface area contributed by atoms with Crippen molar-refractivity contribution in [2.24, 2.45) is 0 Å². The fourth-order valence-electron chi connectivity index (χ4n) is 5.04. The van der Waals surface area contributed by atoms with Gasteiger partial charge in [0.2, 0.25) is 23.8 Å². The highest BCUT2D eigenvalue weighted by Gasteiger charge is 2.46. The summed E-state index contributed by atoms with van der Waals surface area (Å²) >= 11 is 0. The normalized spacial score (nSPS) is 31.9. The van der Waals surface area contributed by atoms with Gasteiger partial charge in [-0.3, -0.25) is 4.79 Å². The number of phenolic OH excluding ortho intramolecular Hbond substituents is 2. The molecule has 0 bridgehead atoms. The maximum Gasteiger partial charge on any atom is 0.239 e. The van der Waals surface area contributed by atoms with E-state index in [2.05, 4.69) is 0 Å². The van der Waals surface area contributed by atoms with E-state index >= 15 is 0 Å². The largest absolute Gasteiger partial charge is 0.508 e. The third kappa shape index (κ3) is 5.98. The fraction of sp³-hybridized carbons (Fsp3) is 0.464. The summed E-state index contributed by atoms with van der Waals surface area (Å²) in [6.45, 7) is -1.47. The van der Waals surface area contributed by atoms with Gasteiger partial charge in [0, 0.05) is 17.7 Å². The van der Waals surface area contributed by atoms with Crippen LogP contribution in [-0.4, -0.2) is 133 Å². The van der Waals surface area contributed by atoms with Crippen LogP contribution in [0, 0.1) is 0 Å². The summed E-state index contributed by atoms with van der Waals surface area (Å²) in [6, 6.07) is 5.83. The predicted octanol–water partition coefficient (Wildman–Crippen LogP) is -2.76. The van der Waals surface area contributed by atoms with Crippen LogP contribution in [0.3, 0.4) is 0 Å². The van der Waals surface area contributed by atoms with E-state index in [0.29, 0.717) is 0 Å². The van der Waals surface area contributed by atoms with Crippen molar-refractivity contribution in [3.63, 3.8) is 0 Å². The van der Waals surface area contributed by atoms with Crippen molar-refractivity contribution in [2.45, 2.75) is 61.4 Å². The zero-order valence-corrected chi connectivity index (χ0v) is 23.4. The van der Waals surface area contributed by atoms with E-state index in [9.17, 15) is 55.9 Å². The van der Waals surface area contributed by atoms with Crippen molar-refractivity contribution < 1.29 is 79.2 Å². The van der Waals surface area contributed by atoms with Gasteiger partial charge in [-0.1, -0.05) is 0 Å². The van der Waals surface area contributed by atoms with Gasteiger partial charge < -0.3 is 79.2 Å². The van der Waals surface area contributed by atoms with Crippen LogP contribution in [0.4, 0.5) is 0 Å². The smallest absolute Gasteiger partial charge is 0.239 e. The minimum atomic E-state index is -1.91. The topological polar surface area (TPSA) is 279 Å². The SMILES string of the molecule is COc1cc(-c2oc3cc(O)cc(O)c3c(=O)c2O[C@@H]2O[C@@H](CO)[C@@H](O)[C@@H](O)[C@H]2O)ccc1O[C@H]1O[C@@H](CO)[C@@H](O)[C@@H](O)[C@@H]1O. The van der Waals surface area contributed by atoms with E-state index in [0.717, 1.165) is 12.1 Å². The van der Waals surface area contributed by atoms with E-state index in [-0.39, 0.29) is 28.4 Å². The summed E-state index contributed by atoms with van der Waals surface area (Å²) in [5.74, 6) is -2.25. The minimum absolute atomic E-state index is 0.0504. The number of methoxy groups -OCH3 is 1. The van der Waals surface area contributed by atoms with Crippen LogP contribution in [0.2, 0.25) is 0 Å². The highest BCUT2D eigenvalue weighted by atomic mass is 16.7. The molecular weight excluding hydrogens is 608 g/mol. The van der Waals surface area contributed by atoms with Gasteiger partial charge in [0.05, 0.1) is 20.3 Å². The van der Waals surface area contributed by atoms with Crippen molar-refractivity contribution in [1.82, 2.24) is 0 Å². The lowest BCUT2D eigenvalue weighted by Crippen LogP contribution is -2.60. The highest BCUT2D eigenvalue weighted by molar-refractivity contribution is 5.88. The second-order valence-corrected chi connectivity index (χ2v) is 10.4. The quantitative estimate of drug-likeness (QED) is 0.119. The fourth-order valence-corrected chi connectivity index (χ4v) is 5.04. The summed E-state index contributed by atoms with van der Waals surface area (Å²) < 4.78 is 33.4. The Morgan fingerprint density at radius 2 is 1.31 bits per heavy atom. The Labute approximate surface area is 252 Å². The molecule has 0 unspecified atom stereocenters. The molecule has 10 atom stereocenters. The molecule has 2 fully saturated rings. The molecule has 2 aliphatic rings. The van der Waals surface area contributed by atoms with Crippen LogP contribution in [0.1, 0.15) is 0 Å². The third-order valence-corrected chi connectivity index (χ3v) is 7.52. The molecular formula is C28H32O17. The summed E-state index contributed by atoms with van der Waals surface area (Å²) in [7, 11) is 1.25. The maximum atomic E-state index is 13.7. The van der Waals surface area contributed by atoms with Gasteiger partial charge >= 0.3 is 0 Å². The van der Waals surface area contributed by atoms with Crippen LogP contribution in [0.15, 0.2) is 39.5 Å². The lowest BCUT2D eigenvalue weighted by Gasteiger charge is -2.39. The summed E-state index contributed by atoms with van der Waals surface area (Å²) in [6.07, 6.45) is -16.6. The Morgan fingerprint density at radius 1 is 0.733 bits per heavy atom. The number of phenols is 2. The molecule has 0 aliphatic carbocycles. The van der Waals surface area contributed by atoms with Crippen LogP contribution in [0.5, 0.6) is 28.7 Å². The number of rotatable bonds is 8. The molecule has 1 aromatic heterocycles. The number of ether oxygens (including phenoxy) is 5. The van der Waals surface area contributed by atoms with E-state index < -0.39 is 103 Å². The summed E-state index contributed by atoms with van der Waals surface area (Å²) in [5, 5.41) is 100. The van der Waals surface area contributed by atoms with Gasteiger partial charge in [-0.05, 0) is 18.2 Å². The van der Waals surface area contributed by atoms with Crippen LogP contribution < -0.4 is 19.6 Å². The van der Waals surface area contributed by atoms with Crippen LogP contribution >= 0.6 is 0 Å². The van der Waals surface area contributed by atoms with Crippen molar-refractivity contribution >= 4 is 11.0 Å². The molecule has 17 heteroatoms. The molecule has 5 rings (SSSR count). The van der Waals surface area contributed by atoms with Crippen LogP contribution in [-0.2, 0) is 9.47 Å². The molecule has 10 N–H and O–H groups in total. The molecule has 45 heavy (non-hydrogen) atoms. The lowest BCUT2D eigenvalue weighted by atomic mass is 9.99. The molecule has 3 aromatic rings. The second-order valence-electron chi connectivity index (χ2n) is 10.4. The predicted molar refractivity (Wildman–Crippen MR) is 147 cm³/mol. The minimum Gasteiger partial charge on any atom is -0.508 e. The van der Waals surface area contributed by atoms with Crippen LogP contribution in [0.25, 0.3) is 22.3 Å². The van der Waals surface area contributed by atoms with E-state index in [1.54, 1.807) is 0 Å². The zero-order chi connectivity index (χ0) is 32.7. The number of aromatic hydroxyl groups is 2. The average Bonchev–Trinajstić information content (AvgIpc) is 3.02. The summed E-state index contributed by atoms with van der Waals surface area (Å²) in [4.78, 5) is 13.7. The number of fused-ring (bicyclic) bond motifs is 1. The lowest BCUT2D eigenvalue weighted by molar-refractivity contribution is -0.277. The molecule has 2 aliphatic heterocycles. The molecule has 0 amide bonds. The number of benzene rings is 2. The zero-order valence-electron chi connectivity index (χ0n) is 23.4. The molecule has 2 saturated heterocycles. The monoisotopic (exact) mass is 640 g/mol. The van der Waals surface area contributed by atoms with Gasteiger partial charge in [-0.25, -0.2) is 0 Å². The first-order chi connectivity index (χ1) is 21.4. The molecule has 2 aromatic carbocycles. The highest BCUT2D eigenvalue weighted by Crippen LogP contribution is 2.40. The Kier molecular flexibility index (Phi) is 9.38. The Balaban J connectivity index is 1.58. The van der Waals surface area contributed by atoms with Crippen molar-refractivity contribution in [3.8, 4) is 40.1 Å². The van der Waals surface area contributed by atoms with E-state index in [1.807, 2.05) is 0 Å². The van der Waals surface area contributed by atoms with Gasteiger partial charge in [0.1, 0.15) is 71.3 Å². The van der Waals surface area contributed by atoms with Gasteiger partial charge in [-0.15, -0.1) is 0 Å². The summed E-state index contributed by atoms with van der Waals surface area (Å²) in [5.41, 5.74) is -1.23. The molecule has 0 spiro atoms. The van der Waals surface area contributed by atoms with Crippen molar-refractivity contribution in [3.05, 3.63) is 40.6 Å². The molecule has 17 nitrogen and oxygen atoms in total. The number of aliphatic hydroxyl groups excluding tert-OH is 8. The van der Waals surface area contributed by atoms with E-state index in [1.165, 1.54) is 25.3 Å². The Bertz CT molecular complexity index is 1570. The maximum absolute atomic E-state index is 13.7. The first-order valence-electron chi connectivity index (χ1n) is 13.6. The number of hydrogen-bond acceptors (Lipinski definition) is 17. The first kappa shape index (κ1) is 32.6. The molecule has 3 heterocycles. The molecule has 246 valence electrons. The standard InChI is InChI=1S/C28H32O17/c1-40-13-4-9(2-3-12(13)42-27-23(38)21(36)18(33)15(7-29)43-27)25-26(20(35)17-11(32)5-10(31)6-14(17)41-25)45-28-24(39)22(37)19(34)16(8-30)44-28/h2-6,15-16,18-19,21-24,27-34,36-39H,7-8H2,1H3/t15-,16-,18+,19+,21+,22+,23-,24+,27-,28-/m0/s1. The van der Waals surface area contributed by atoms with Gasteiger partial charge in [0.25, 0.3) is 0 Å². The molecule has 0 radical (unpaired) electrons. The molecule has 0 saturated carbocycles. The number of hydrogen-bond donors (Lipinski definition) is 10. The van der Waals surface area contributed by atoms with E-state index in [4.69, 9.17) is 28.1 Å². The number of aliphatic hydroxyl groups is 8. The first-order valence-corrected chi connectivity index (χ1v) is 13.6. The third-order valence-electron chi connectivity index (χ3n) is 7.52.